The molecule has 4 nitrogen and oxygen atoms in total. The van der Waals surface area contributed by atoms with Crippen LogP contribution in [0.5, 0.6) is 5.75 Å². The molecule has 0 unspecified atom stereocenters. The smallest absolute Gasteiger partial charge is 0.189 e. The van der Waals surface area contributed by atoms with Gasteiger partial charge < -0.3 is 4.74 Å². The Bertz CT molecular complexity index is 617. The first-order valence-corrected chi connectivity index (χ1v) is 6.14. The van der Waals surface area contributed by atoms with E-state index in [-0.39, 0.29) is 23.5 Å². The van der Waals surface area contributed by atoms with Crippen LogP contribution in [0.3, 0.4) is 0 Å². The highest BCUT2D eigenvalue weighted by atomic mass is 19.2. The van der Waals surface area contributed by atoms with Gasteiger partial charge in [-0.25, -0.2) is 8.78 Å². The van der Waals surface area contributed by atoms with Crippen LogP contribution in [0, 0.1) is 11.6 Å². The maximum Gasteiger partial charge on any atom is 0.189 e. The molecule has 0 N–H and O–H groups in total. The van der Waals surface area contributed by atoms with Crippen LogP contribution in [0.25, 0.3) is 0 Å². The summed E-state index contributed by atoms with van der Waals surface area (Å²) in [7, 11) is 1.43. The van der Waals surface area contributed by atoms with Gasteiger partial charge in [0.25, 0.3) is 0 Å². The summed E-state index contributed by atoms with van der Waals surface area (Å²) in [5.41, 5.74) is 0.277. The van der Waals surface area contributed by atoms with E-state index in [1.165, 1.54) is 30.1 Å². The lowest BCUT2D eigenvalue weighted by atomic mass is 10.1. The van der Waals surface area contributed by atoms with E-state index < -0.39 is 11.6 Å². The number of Topliss-reactive ketones (excluding diaryl/α,β-unsaturated/α-hetero) is 1. The number of nitrogens with zero attached hydrogens (tertiary/aromatic N) is 2. The average molecular weight is 280 g/mol. The lowest BCUT2D eigenvalue weighted by molar-refractivity contribution is 0.0978. The summed E-state index contributed by atoms with van der Waals surface area (Å²) in [6.07, 6.45) is 1.18. The van der Waals surface area contributed by atoms with Crippen molar-refractivity contribution >= 4 is 5.78 Å². The van der Waals surface area contributed by atoms with Crippen molar-refractivity contribution in [3.63, 3.8) is 0 Å². The first-order valence-electron chi connectivity index (χ1n) is 6.14. The van der Waals surface area contributed by atoms with Gasteiger partial charge in [-0.15, -0.1) is 0 Å². The monoisotopic (exact) mass is 280 g/mol. The van der Waals surface area contributed by atoms with E-state index in [1.807, 2.05) is 6.92 Å². The summed E-state index contributed by atoms with van der Waals surface area (Å²) in [4.78, 5) is 12.3. The normalized spacial score (nSPS) is 10.6. The molecule has 2 rings (SSSR count). The van der Waals surface area contributed by atoms with E-state index in [4.69, 9.17) is 4.74 Å². The SMILES string of the molecule is CCn1ncc(OC)c1C(=O)Cc1cccc(F)c1F. The van der Waals surface area contributed by atoms with Crippen LogP contribution in [-0.2, 0) is 13.0 Å². The summed E-state index contributed by atoms with van der Waals surface area (Å²) in [5, 5.41) is 4.01. The third kappa shape index (κ3) is 2.54. The fourth-order valence-electron chi connectivity index (χ4n) is 1.98. The Labute approximate surface area is 115 Å². The topological polar surface area (TPSA) is 44.1 Å². The molecule has 0 fully saturated rings. The Hall–Kier alpha value is -2.24. The minimum absolute atomic E-state index is 0.0147. The molecule has 1 aromatic carbocycles. The first kappa shape index (κ1) is 14.2. The van der Waals surface area contributed by atoms with Crippen molar-refractivity contribution in [3.8, 4) is 5.75 Å². The molecule has 0 bridgehead atoms. The minimum atomic E-state index is -0.998. The molecule has 0 aliphatic rings. The van der Waals surface area contributed by atoms with Gasteiger partial charge in [0.1, 0.15) is 5.69 Å². The van der Waals surface area contributed by atoms with Gasteiger partial charge in [-0.2, -0.15) is 5.10 Å². The maximum atomic E-state index is 13.6. The number of ether oxygens (including phenoxy) is 1. The molecular weight excluding hydrogens is 266 g/mol. The third-order valence-corrected chi connectivity index (χ3v) is 2.97. The molecule has 0 saturated carbocycles. The highest BCUT2D eigenvalue weighted by molar-refractivity contribution is 5.98. The van der Waals surface area contributed by atoms with Crippen molar-refractivity contribution in [1.29, 1.82) is 0 Å². The zero-order valence-corrected chi connectivity index (χ0v) is 11.2. The van der Waals surface area contributed by atoms with Crippen LogP contribution in [0.4, 0.5) is 8.78 Å². The number of aryl methyl sites for hydroxylation is 1. The number of methoxy groups -OCH3 is 1. The largest absolute Gasteiger partial charge is 0.493 e. The number of ketones is 1. The lowest BCUT2D eigenvalue weighted by Crippen LogP contribution is -2.13. The Morgan fingerprint density at radius 2 is 2.15 bits per heavy atom. The lowest BCUT2D eigenvalue weighted by Gasteiger charge is -2.07. The third-order valence-electron chi connectivity index (χ3n) is 2.97. The number of hydrogen-bond donors (Lipinski definition) is 0. The Balaban J connectivity index is 2.33. The van der Waals surface area contributed by atoms with Crippen LogP contribution >= 0.6 is 0 Å². The number of halogens is 2. The number of carbonyl (C=O) groups is 1. The van der Waals surface area contributed by atoms with Gasteiger partial charge in [0, 0.05) is 13.0 Å². The molecule has 0 atom stereocenters. The molecule has 6 heteroatoms. The molecule has 0 saturated heterocycles. The fourth-order valence-corrected chi connectivity index (χ4v) is 1.98. The zero-order chi connectivity index (χ0) is 14.7. The summed E-state index contributed by atoms with van der Waals surface area (Å²) in [5.74, 6) is -2.01. The van der Waals surface area contributed by atoms with Crippen LogP contribution in [0.2, 0.25) is 0 Å². The Morgan fingerprint density at radius 1 is 1.40 bits per heavy atom. The molecule has 1 aromatic heterocycles. The van der Waals surface area contributed by atoms with Gasteiger partial charge in [-0.3, -0.25) is 9.48 Å². The van der Waals surface area contributed by atoms with Crippen LogP contribution in [0.1, 0.15) is 23.0 Å². The van der Waals surface area contributed by atoms with Gasteiger partial charge >= 0.3 is 0 Å². The van der Waals surface area contributed by atoms with Crippen molar-refractivity contribution in [2.45, 2.75) is 19.9 Å². The summed E-state index contributed by atoms with van der Waals surface area (Å²) in [6.45, 7) is 2.31. The van der Waals surface area contributed by atoms with E-state index in [9.17, 15) is 13.6 Å². The number of hydrogen-bond acceptors (Lipinski definition) is 3. The molecule has 1 heterocycles. The van der Waals surface area contributed by atoms with Gasteiger partial charge in [0.05, 0.1) is 13.3 Å². The standard InChI is InChI=1S/C14H14F2N2O2/c1-3-18-14(12(20-2)8-17-18)11(19)7-9-5-4-6-10(15)13(9)16/h4-6,8H,3,7H2,1-2H3. The molecule has 20 heavy (non-hydrogen) atoms. The van der Waals surface area contributed by atoms with E-state index >= 15 is 0 Å². The zero-order valence-electron chi connectivity index (χ0n) is 11.2. The number of aromatic nitrogens is 2. The number of rotatable bonds is 5. The second-order valence-corrected chi connectivity index (χ2v) is 4.19. The van der Waals surface area contributed by atoms with Crippen molar-refractivity contribution in [3.05, 3.63) is 47.3 Å². The second-order valence-electron chi connectivity index (χ2n) is 4.19. The van der Waals surface area contributed by atoms with Gasteiger partial charge in [0.15, 0.2) is 23.2 Å². The summed E-state index contributed by atoms with van der Waals surface area (Å²) >= 11 is 0. The van der Waals surface area contributed by atoms with Crippen LogP contribution in [-0.4, -0.2) is 22.7 Å². The maximum absolute atomic E-state index is 13.6. The molecule has 0 aliphatic heterocycles. The van der Waals surface area contributed by atoms with E-state index in [0.29, 0.717) is 12.3 Å². The predicted molar refractivity (Wildman–Crippen MR) is 68.8 cm³/mol. The van der Waals surface area contributed by atoms with E-state index in [0.717, 1.165) is 6.07 Å². The minimum Gasteiger partial charge on any atom is -0.493 e. The van der Waals surface area contributed by atoms with Gasteiger partial charge in [-0.1, -0.05) is 12.1 Å². The molecule has 0 radical (unpaired) electrons. The van der Waals surface area contributed by atoms with E-state index in [2.05, 4.69) is 5.10 Å². The summed E-state index contributed by atoms with van der Waals surface area (Å²) in [6, 6.07) is 3.77. The Morgan fingerprint density at radius 3 is 2.80 bits per heavy atom. The molecule has 0 amide bonds. The van der Waals surface area contributed by atoms with Crippen LogP contribution < -0.4 is 4.74 Å². The molecule has 0 spiro atoms. The predicted octanol–water partition coefficient (Wildman–Crippen LogP) is 2.62. The Kier molecular flexibility index (Phi) is 4.12. The average Bonchev–Trinajstić information content (AvgIpc) is 2.86. The van der Waals surface area contributed by atoms with Gasteiger partial charge in [0.2, 0.25) is 0 Å². The number of carbonyl (C=O) groups excluding carboxylic acids is 1. The highest BCUT2D eigenvalue weighted by Crippen LogP contribution is 2.21. The van der Waals surface area contributed by atoms with E-state index in [1.54, 1.807) is 0 Å². The molecular formula is C14H14F2N2O2. The second kappa shape index (κ2) is 5.81. The van der Waals surface area contributed by atoms with Crippen molar-refractivity contribution in [2.75, 3.05) is 7.11 Å². The van der Waals surface area contributed by atoms with Crippen LogP contribution in [0.15, 0.2) is 24.4 Å². The van der Waals surface area contributed by atoms with Crippen molar-refractivity contribution in [1.82, 2.24) is 9.78 Å². The molecule has 2 aromatic rings. The highest BCUT2D eigenvalue weighted by Gasteiger charge is 2.21. The summed E-state index contributed by atoms with van der Waals surface area (Å²) < 4.78 is 33.3. The van der Waals surface area contributed by atoms with Crippen molar-refractivity contribution < 1.29 is 18.3 Å². The quantitative estimate of drug-likeness (QED) is 0.791. The van der Waals surface area contributed by atoms with Crippen molar-refractivity contribution in [2.24, 2.45) is 0 Å². The first-order chi connectivity index (χ1) is 9.58. The number of benzene rings is 1. The fraction of sp³-hybridized carbons (Fsp3) is 0.286. The molecule has 106 valence electrons. The van der Waals surface area contributed by atoms with Gasteiger partial charge in [-0.05, 0) is 18.6 Å². The molecule has 0 aliphatic carbocycles.